The number of aromatic hydroxyl groups is 1. The van der Waals surface area contributed by atoms with E-state index < -0.39 is 5.95 Å². The molecule has 0 spiro atoms. The van der Waals surface area contributed by atoms with E-state index in [0.717, 1.165) is 20.8 Å². The summed E-state index contributed by atoms with van der Waals surface area (Å²) in [7, 11) is 1.71. The first-order valence-corrected chi connectivity index (χ1v) is 8.74. The van der Waals surface area contributed by atoms with E-state index in [1.165, 1.54) is 11.3 Å². The maximum absolute atomic E-state index is 14.2. The summed E-state index contributed by atoms with van der Waals surface area (Å²) in [5.41, 5.74) is 2.21. The van der Waals surface area contributed by atoms with Crippen molar-refractivity contribution in [2.75, 3.05) is 12.4 Å². The molecule has 0 atom stereocenters. The maximum Gasteiger partial charge on any atom is 0.222 e. The first-order chi connectivity index (χ1) is 12.1. The summed E-state index contributed by atoms with van der Waals surface area (Å²) in [5, 5.41) is 13.2. The van der Waals surface area contributed by atoms with Gasteiger partial charge in [-0.2, -0.15) is 4.39 Å². The number of anilines is 1. The minimum atomic E-state index is -0.483. The number of halogens is 1. The highest BCUT2D eigenvalue weighted by molar-refractivity contribution is 7.19. The highest BCUT2D eigenvalue weighted by Crippen LogP contribution is 2.27. The van der Waals surface area contributed by atoms with Gasteiger partial charge in [0.25, 0.3) is 0 Å². The van der Waals surface area contributed by atoms with Crippen LogP contribution in [0.3, 0.4) is 0 Å². The van der Waals surface area contributed by atoms with Crippen molar-refractivity contribution in [2.24, 2.45) is 0 Å². The summed E-state index contributed by atoms with van der Waals surface area (Å²) in [6.45, 7) is 1.98. The van der Waals surface area contributed by atoms with Crippen LogP contribution >= 0.6 is 11.3 Å². The molecule has 0 aliphatic rings. The molecule has 2 heterocycles. The Labute approximate surface area is 149 Å². The van der Waals surface area contributed by atoms with E-state index in [0.29, 0.717) is 17.8 Å². The van der Waals surface area contributed by atoms with E-state index in [9.17, 15) is 9.50 Å². The summed E-state index contributed by atoms with van der Waals surface area (Å²) in [6, 6.07) is 8.59. The van der Waals surface area contributed by atoms with Crippen molar-refractivity contribution in [1.82, 2.24) is 9.97 Å². The average Bonchev–Trinajstić information content (AvgIpc) is 3.01. The summed E-state index contributed by atoms with van der Waals surface area (Å²) < 4.78 is 15.1. The lowest BCUT2D eigenvalue weighted by Gasteiger charge is -2.07. The molecule has 0 saturated heterocycles. The van der Waals surface area contributed by atoms with Crippen LogP contribution in [0.15, 0.2) is 42.5 Å². The second-order valence-corrected chi connectivity index (χ2v) is 6.46. The van der Waals surface area contributed by atoms with Crippen molar-refractivity contribution in [3.05, 3.63) is 59.0 Å². The van der Waals surface area contributed by atoms with E-state index in [1.807, 2.05) is 25.2 Å². The molecular weight excluding hydrogens is 337 g/mol. The van der Waals surface area contributed by atoms with Gasteiger partial charge in [0.05, 0.1) is 10.2 Å². The second-order valence-electron chi connectivity index (χ2n) is 5.39. The van der Waals surface area contributed by atoms with E-state index in [2.05, 4.69) is 15.3 Å². The third-order valence-corrected chi connectivity index (χ3v) is 4.74. The Bertz CT molecular complexity index is 962. The average molecular weight is 355 g/mol. The van der Waals surface area contributed by atoms with Crippen molar-refractivity contribution in [1.29, 1.82) is 0 Å². The van der Waals surface area contributed by atoms with Crippen LogP contribution in [0.4, 0.5) is 10.2 Å². The monoisotopic (exact) mass is 355 g/mol. The first-order valence-electron chi connectivity index (χ1n) is 7.92. The lowest BCUT2D eigenvalue weighted by Crippen LogP contribution is -1.98. The van der Waals surface area contributed by atoms with Gasteiger partial charge in [-0.15, -0.1) is 11.3 Å². The van der Waals surface area contributed by atoms with Gasteiger partial charge in [-0.25, -0.2) is 9.97 Å². The lowest BCUT2D eigenvalue weighted by molar-refractivity contribution is 0.476. The van der Waals surface area contributed by atoms with Crippen LogP contribution in [-0.4, -0.2) is 22.1 Å². The fourth-order valence-corrected chi connectivity index (χ4v) is 3.37. The predicted octanol–water partition coefficient (Wildman–Crippen LogP) is 5.08. The van der Waals surface area contributed by atoms with Crippen LogP contribution in [-0.2, 0) is 0 Å². The molecule has 0 aliphatic carbocycles. The molecule has 0 unspecified atom stereocenters. The molecule has 0 bridgehead atoms. The molecule has 0 saturated carbocycles. The Hall–Kier alpha value is -2.73. The summed E-state index contributed by atoms with van der Waals surface area (Å²) in [4.78, 5) is 8.37. The van der Waals surface area contributed by atoms with Crippen LogP contribution in [0.25, 0.3) is 21.9 Å². The van der Waals surface area contributed by atoms with Gasteiger partial charge in [0.2, 0.25) is 5.95 Å². The number of allylic oxidation sites excluding steroid dienone is 3. The molecule has 128 valence electrons. The Morgan fingerprint density at radius 3 is 2.84 bits per heavy atom. The highest BCUT2D eigenvalue weighted by Gasteiger charge is 2.08. The third kappa shape index (κ3) is 3.85. The van der Waals surface area contributed by atoms with Crippen LogP contribution in [0, 0.1) is 5.95 Å². The number of hydrogen-bond acceptors (Lipinski definition) is 5. The summed E-state index contributed by atoms with van der Waals surface area (Å²) in [5.74, 6) is 0.252. The maximum atomic E-state index is 14.2. The van der Waals surface area contributed by atoms with Crippen LogP contribution < -0.4 is 5.32 Å². The minimum Gasteiger partial charge on any atom is -0.508 e. The fourth-order valence-electron chi connectivity index (χ4n) is 2.46. The predicted molar refractivity (Wildman–Crippen MR) is 102 cm³/mol. The van der Waals surface area contributed by atoms with E-state index in [4.69, 9.17) is 0 Å². The fraction of sp³-hybridized carbons (Fsp3) is 0.158. The molecule has 0 fully saturated rings. The molecule has 0 amide bonds. The molecule has 3 aromatic rings. The zero-order chi connectivity index (χ0) is 17.8. The number of aromatic nitrogens is 2. The van der Waals surface area contributed by atoms with Gasteiger partial charge in [0, 0.05) is 12.6 Å². The van der Waals surface area contributed by atoms with E-state index >= 15 is 0 Å². The number of pyridine rings is 1. The van der Waals surface area contributed by atoms with Crippen molar-refractivity contribution in [2.45, 2.75) is 13.3 Å². The van der Waals surface area contributed by atoms with Crippen molar-refractivity contribution < 1.29 is 9.50 Å². The SMILES string of the molecule is CC/C(=C\C=C\c1nc2ccc(O)cc2s1)c1ccc(NC)nc1F. The van der Waals surface area contributed by atoms with Gasteiger partial charge in [-0.05, 0) is 48.4 Å². The van der Waals surface area contributed by atoms with Gasteiger partial charge in [-0.1, -0.05) is 19.1 Å². The second kappa shape index (κ2) is 7.44. The van der Waals surface area contributed by atoms with Gasteiger partial charge in [0.15, 0.2) is 0 Å². The van der Waals surface area contributed by atoms with E-state index in [1.54, 1.807) is 37.4 Å². The summed E-state index contributed by atoms with van der Waals surface area (Å²) >= 11 is 1.49. The van der Waals surface area contributed by atoms with Crippen LogP contribution in [0.1, 0.15) is 23.9 Å². The van der Waals surface area contributed by atoms with Crippen LogP contribution in [0.5, 0.6) is 5.75 Å². The highest BCUT2D eigenvalue weighted by atomic mass is 32.1. The lowest BCUT2D eigenvalue weighted by atomic mass is 10.0. The van der Waals surface area contributed by atoms with Crippen molar-refractivity contribution in [3.63, 3.8) is 0 Å². The minimum absolute atomic E-state index is 0.229. The number of hydrogen-bond donors (Lipinski definition) is 2. The number of nitrogens with one attached hydrogen (secondary N) is 1. The Morgan fingerprint density at radius 1 is 1.28 bits per heavy atom. The van der Waals surface area contributed by atoms with Crippen LogP contribution in [0.2, 0.25) is 0 Å². The Balaban J connectivity index is 1.85. The number of phenolic OH excluding ortho intramolecular Hbond substituents is 1. The Kier molecular flexibility index (Phi) is 5.09. The van der Waals surface area contributed by atoms with E-state index in [-0.39, 0.29) is 5.75 Å². The topological polar surface area (TPSA) is 58.0 Å². The molecule has 0 aliphatic heterocycles. The molecule has 2 N–H and O–H groups in total. The zero-order valence-electron chi connectivity index (χ0n) is 14.0. The zero-order valence-corrected chi connectivity index (χ0v) is 14.8. The van der Waals surface area contributed by atoms with Gasteiger partial charge < -0.3 is 10.4 Å². The quantitative estimate of drug-likeness (QED) is 0.495. The summed E-state index contributed by atoms with van der Waals surface area (Å²) in [6.07, 6.45) is 6.31. The number of fused-ring (bicyclic) bond motifs is 1. The Morgan fingerprint density at radius 2 is 2.12 bits per heavy atom. The number of phenols is 1. The number of nitrogens with zero attached hydrogens (tertiary/aromatic N) is 2. The molecule has 2 aromatic heterocycles. The molecule has 0 radical (unpaired) electrons. The third-order valence-electron chi connectivity index (χ3n) is 3.76. The smallest absolute Gasteiger partial charge is 0.222 e. The molecule has 1 aromatic carbocycles. The van der Waals surface area contributed by atoms with Gasteiger partial charge in [-0.3, -0.25) is 0 Å². The number of thiazole rings is 1. The largest absolute Gasteiger partial charge is 0.508 e. The standard InChI is InChI=1S/C19H18FN3OS/c1-3-12(14-8-10-17(21-2)23-19(14)20)5-4-6-18-22-15-9-7-13(24)11-16(15)25-18/h4-11,24H,3H2,1-2H3,(H,21,23)/b6-4+,12-5+. The van der Waals surface area contributed by atoms with Crippen molar-refractivity contribution >= 4 is 39.0 Å². The van der Waals surface area contributed by atoms with Crippen molar-refractivity contribution in [3.8, 4) is 5.75 Å². The molecule has 4 nitrogen and oxygen atoms in total. The first kappa shape index (κ1) is 17.1. The number of benzene rings is 1. The molecule has 6 heteroatoms. The number of rotatable bonds is 5. The molecule has 25 heavy (non-hydrogen) atoms. The molecule has 3 rings (SSSR count). The van der Waals surface area contributed by atoms with Gasteiger partial charge in [0.1, 0.15) is 16.6 Å². The van der Waals surface area contributed by atoms with Gasteiger partial charge >= 0.3 is 0 Å². The molecular formula is C19H18FN3OS. The normalized spacial score (nSPS) is 12.2.